The molecule has 0 aliphatic carbocycles. The molecular weight excluding hydrogens is 478 g/mol. The van der Waals surface area contributed by atoms with Gasteiger partial charge in [0.15, 0.2) is 0 Å². The maximum absolute atomic E-state index is 13.8. The van der Waals surface area contributed by atoms with Crippen molar-refractivity contribution in [2.24, 2.45) is 14.1 Å². The second kappa shape index (κ2) is 8.82. The molecule has 1 amide bonds. The minimum atomic E-state index is -3.68. The highest BCUT2D eigenvalue weighted by atomic mass is 32.2. The summed E-state index contributed by atoms with van der Waals surface area (Å²) in [5.41, 5.74) is 5.31. The van der Waals surface area contributed by atoms with Gasteiger partial charge in [-0.15, -0.1) is 0 Å². The first-order chi connectivity index (χ1) is 17.1. The zero-order chi connectivity index (χ0) is 25.8. The molecule has 5 rings (SSSR count). The molecule has 4 aromatic rings. The quantitative estimate of drug-likeness (QED) is 0.420. The maximum atomic E-state index is 13.8. The SMILES string of the molecule is Cc1nn(C)c(C)c1-c1cc(C(=O)N2CCN(S(=O)(=O)c3cnn(C)c3C)CC2)c2ccccc2n1. The summed E-state index contributed by atoms with van der Waals surface area (Å²) in [5.74, 6) is -0.136. The third kappa shape index (κ3) is 3.88. The van der Waals surface area contributed by atoms with E-state index < -0.39 is 10.0 Å². The first-order valence-electron chi connectivity index (χ1n) is 11.8. The van der Waals surface area contributed by atoms with Crippen molar-refractivity contribution in [2.75, 3.05) is 26.2 Å². The summed E-state index contributed by atoms with van der Waals surface area (Å²) >= 11 is 0. The number of carbonyl (C=O) groups is 1. The number of para-hydroxylation sites is 1. The summed E-state index contributed by atoms with van der Waals surface area (Å²) in [6.07, 6.45) is 1.38. The average Bonchev–Trinajstić information content (AvgIpc) is 3.34. The number of benzene rings is 1. The highest BCUT2D eigenvalue weighted by molar-refractivity contribution is 7.89. The molecule has 0 spiro atoms. The molecule has 188 valence electrons. The van der Waals surface area contributed by atoms with Gasteiger partial charge in [-0.3, -0.25) is 14.2 Å². The van der Waals surface area contributed by atoms with E-state index in [2.05, 4.69) is 10.2 Å². The molecule has 0 N–H and O–H groups in total. The summed E-state index contributed by atoms with van der Waals surface area (Å²) in [7, 11) is -0.0741. The number of hydrogen-bond donors (Lipinski definition) is 0. The fourth-order valence-corrected chi connectivity index (χ4v) is 6.41. The Kier molecular flexibility index (Phi) is 5.92. The topological polar surface area (TPSA) is 106 Å². The third-order valence-corrected chi connectivity index (χ3v) is 9.05. The first kappa shape index (κ1) is 24.1. The van der Waals surface area contributed by atoms with Crippen molar-refractivity contribution in [2.45, 2.75) is 25.7 Å². The Bertz CT molecular complexity index is 1600. The number of carbonyl (C=O) groups excluding carboxylic acids is 1. The Morgan fingerprint density at radius 3 is 2.25 bits per heavy atom. The van der Waals surface area contributed by atoms with E-state index in [9.17, 15) is 13.2 Å². The van der Waals surface area contributed by atoms with E-state index in [1.807, 2.05) is 55.9 Å². The molecule has 0 saturated carbocycles. The normalized spacial score (nSPS) is 15.1. The van der Waals surface area contributed by atoms with Gasteiger partial charge in [0.2, 0.25) is 10.0 Å². The average molecular weight is 508 g/mol. The number of amides is 1. The van der Waals surface area contributed by atoms with Gasteiger partial charge in [0, 0.05) is 56.9 Å². The molecule has 0 unspecified atom stereocenters. The second-order valence-corrected chi connectivity index (χ2v) is 11.1. The van der Waals surface area contributed by atoms with Crippen LogP contribution in [0.3, 0.4) is 0 Å². The highest BCUT2D eigenvalue weighted by Crippen LogP contribution is 2.30. The van der Waals surface area contributed by atoms with Crippen LogP contribution < -0.4 is 0 Å². The van der Waals surface area contributed by atoms with Gasteiger partial charge in [0.1, 0.15) is 4.90 Å². The van der Waals surface area contributed by atoms with Gasteiger partial charge in [-0.25, -0.2) is 13.4 Å². The van der Waals surface area contributed by atoms with Crippen LogP contribution in [0.1, 0.15) is 27.4 Å². The molecule has 1 aliphatic rings. The van der Waals surface area contributed by atoms with Crippen molar-refractivity contribution in [1.29, 1.82) is 0 Å². The molecule has 3 aromatic heterocycles. The van der Waals surface area contributed by atoms with Crippen molar-refractivity contribution < 1.29 is 13.2 Å². The Labute approximate surface area is 210 Å². The molecule has 0 radical (unpaired) electrons. The van der Waals surface area contributed by atoms with Crippen molar-refractivity contribution >= 4 is 26.8 Å². The Morgan fingerprint density at radius 1 is 0.944 bits per heavy atom. The summed E-state index contributed by atoms with van der Waals surface area (Å²) in [6.45, 7) is 6.69. The summed E-state index contributed by atoms with van der Waals surface area (Å²) < 4.78 is 31.1. The fraction of sp³-hybridized carbons (Fsp3) is 0.360. The van der Waals surface area contributed by atoms with Crippen LogP contribution in [0.15, 0.2) is 41.4 Å². The maximum Gasteiger partial charge on any atom is 0.254 e. The molecule has 11 heteroatoms. The van der Waals surface area contributed by atoms with Gasteiger partial charge in [-0.05, 0) is 32.9 Å². The predicted molar refractivity (Wildman–Crippen MR) is 136 cm³/mol. The number of aromatic nitrogens is 5. The molecule has 4 heterocycles. The highest BCUT2D eigenvalue weighted by Gasteiger charge is 2.33. The van der Waals surface area contributed by atoms with Gasteiger partial charge in [-0.1, -0.05) is 18.2 Å². The lowest BCUT2D eigenvalue weighted by atomic mass is 10.0. The summed E-state index contributed by atoms with van der Waals surface area (Å²) in [5, 5.41) is 9.35. The molecule has 36 heavy (non-hydrogen) atoms. The third-order valence-electron chi connectivity index (χ3n) is 7.05. The van der Waals surface area contributed by atoms with Gasteiger partial charge in [0.25, 0.3) is 5.91 Å². The molecule has 1 aliphatic heterocycles. The van der Waals surface area contributed by atoms with E-state index in [1.165, 1.54) is 10.5 Å². The number of pyridine rings is 1. The lowest BCUT2D eigenvalue weighted by Crippen LogP contribution is -2.50. The first-order valence-corrected chi connectivity index (χ1v) is 13.2. The van der Waals surface area contributed by atoms with Crippen molar-refractivity contribution in [3.63, 3.8) is 0 Å². The van der Waals surface area contributed by atoms with Gasteiger partial charge < -0.3 is 4.90 Å². The molecule has 1 saturated heterocycles. The van der Waals surface area contributed by atoms with E-state index in [-0.39, 0.29) is 23.9 Å². The van der Waals surface area contributed by atoms with Gasteiger partial charge in [-0.2, -0.15) is 14.5 Å². The lowest BCUT2D eigenvalue weighted by molar-refractivity contribution is 0.0700. The van der Waals surface area contributed by atoms with Crippen LogP contribution in [0.4, 0.5) is 0 Å². The molecule has 1 aromatic carbocycles. The molecule has 0 bridgehead atoms. The van der Waals surface area contributed by atoms with E-state index in [0.717, 1.165) is 27.9 Å². The number of nitrogens with zero attached hydrogens (tertiary/aromatic N) is 7. The lowest BCUT2D eigenvalue weighted by Gasteiger charge is -2.34. The van der Waals surface area contributed by atoms with E-state index in [4.69, 9.17) is 4.98 Å². The summed E-state index contributed by atoms with van der Waals surface area (Å²) in [6, 6.07) is 9.43. The van der Waals surface area contributed by atoms with Crippen LogP contribution in [-0.4, -0.2) is 74.3 Å². The zero-order valence-corrected chi connectivity index (χ0v) is 21.9. The molecule has 1 fully saturated rings. The predicted octanol–water partition coefficient (Wildman–Crippen LogP) is 2.44. The Hall–Kier alpha value is -3.57. The van der Waals surface area contributed by atoms with Crippen LogP contribution >= 0.6 is 0 Å². The fourth-order valence-electron chi connectivity index (χ4n) is 4.80. The van der Waals surface area contributed by atoms with Crippen molar-refractivity contribution in [1.82, 2.24) is 33.8 Å². The monoisotopic (exact) mass is 507 g/mol. The van der Waals surface area contributed by atoms with Crippen molar-refractivity contribution in [3.8, 4) is 11.3 Å². The molecule has 0 atom stereocenters. The van der Waals surface area contributed by atoms with Crippen LogP contribution in [0, 0.1) is 20.8 Å². The van der Waals surface area contributed by atoms with Crippen LogP contribution in [0.5, 0.6) is 0 Å². The van der Waals surface area contributed by atoms with Gasteiger partial charge in [0.05, 0.1) is 34.4 Å². The number of hydrogen-bond acceptors (Lipinski definition) is 6. The number of aryl methyl sites for hydroxylation is 3. The van der Waals surface area contributed by atoms with Gasteiger partial charge >= 0.3 is 0 Å². The zero-order valence-electron chi connectivity index (χ0n) is 21.1. The molecule has 10 nitrogen and oxygen atoms in total. The van der Waals surface area contributed by atoms with Crippen LogP contribution in [0.25, 0.3) is 22.2 Å². The Balaban J connectivity index is 1.45. The largest absolute Gasteiger partial charge is 0.336 e. The standard InChI is InChI=1S/C25H29N7O3S/c1-16-24(18(3)30(5)28-16)22-14-20(19-8-6-7-9-21(19)27-22)25(33)31-10-12-32(13-11-31)36(34,35)23-15-26-29(4)17(23)2/h6-9,14-15H,10-13H2,1-5H3. The minimum Gasteiger partial charge on any atom is -0.336 e. The molecular formula is C25H29N7O3S. The smallest absolute Gasteiger partial charge is 0.254 e. The number of fused-ring (bicyclic) bond motifs is 1. The van der Waals surface area contributed by atoms with Crippen molar-refractivity contribution in [3.05, 3.63) is 59.2 Å². The Morgan fingerprint density at radius 2 is 1.64 bits per heavy atom. The van der Waals surface area contributed by atoms with E-state index in [1.54, 1.807) is 23.6 Å². The number of piperazine rings is 1. The van der Waals surface area contributed by atoms with Crippen LogP contribution in [0.2, 0.25) is 0 Å². The second-order valence-electron chi connectivity index (χ2n) is 9.16. The number of sulfonamides is 1. The number of rotatable bonds is 4. The van der Waals surface area contributed by atoms with E-state index >= 15 is 0 Å². The van der Waals surface area contributed by atoms with E-state index in [0.29, 0.717) is 30.0 Å². The van der Waals surface area contributed by atoms with Crippen LogP contribution in [-0.2, 0) is 24.1 Å². The minimum absolute atomic E-state index is 0.136. The summed E-state index contributed by atoms with van der Waals surface area (Å²) in [4.78, 5) is 20.5.